The summed E-state index contributed by atoms with van der Waals surface area (Å²) in [6.07, 6.45) is 21.1. The van der Waals surface area contributed by atoms with Gasteiger partial charge in [-0.05, 0) is 53.3 Å². The lowest BCUT2D eigenvalue weighted by Gasteiger charge is -2.26. The van der Waals surface area contributed by atoms with E-state index >= 15 is 0 Å². The average molecular weight is 727 g/mol. The van der Waals surface area contributed by atoms with E-state index in [4.69, 9.17) is 4.74 Å². The first-order valence-corrected chi connectivity index (χ1v) is 17.5. The molecular formula is C40H59IN2O2. The molecule has 5 heteroatoms. The van der Waals surface area contributed by atoms with Crippen molar-refractivity contribution in [1.82, 2.24) is 0 Å². The normalized spacial score (nSPS) is 11.2. The van der Waals surface area contributed by atoms with Crippen molar-refractivity contribution in [2.24, 2.45) is 0 Å². The summed E-state index contributed by atoms with van der Waals surface area (Å²) in [5, 5.41) is 0. The van der Waals surface area contributed by atoms with Crippen LogP contribution in [0.3, 0.4) is 0 Å². The van der Waals surface area contributed by atoms with Crippen molar-refractivity contribution in [3.8, 4) is 5.75 Å². The van der Waals surface area contributed by atoms with E-state index in [0.717, 1.165) is 43.0 Å². The van der Waals surface area contributed by atoms with E-state index in [1.807, 2.05) is 59.8 Å². The summed E-state index contributed by atoms with van der Waals surface area (Å²) in [4.78, 5) is 15.8. The van der Waals surface area contributed by atoms with E-state index in [-0.39, 0.29) is 35.3 Å². The van der Waals surface area contributed by atoms with Gasteiger partial charge in [0, 0.05) is 18.2 Å². The monoisotopic (exact) mass is 726 g/mol. The molecule has 0 saturated carbocycles. The number of pyridine rings is 1. The maximum Gasteiger partial charge on any atom is 0.264 e. The third kappa shape index (κ3) is 13.9. The molecule has 1 aromatic heterocycles. The Morgan fingerprint density at radius 2 is 1.38 bits per heavy atom. The lowest BCUT2D eigenvalue weighted by atomic mass is 9.85. The predicted molar refractivity (Wildman–Crippen MR) is 186 cm³/mol. The van der Waals surface area contributed by atoms with Gasteiger partial charge in [-0.1, -0.05) is 130 Å². The molecule has 0 saturated heterocycles. The van der Waals surface area contributed by atoms with Crippen LogP contribution in [-0.2, 0) is 18.5 Å². The van der Waals surface area contributed by atoms with Crippen LogP contribution in [0.25, 0.3) is 0 Å². The van der Waals surface area contributed by atoms with E-state index in [2.05, 4.69) is 57.4 Å². The molecule has 0 atom stereocenters. The van der Waals surface area contributed by atoms with Crippen LogP contribution in [0.4, 0.5) is 5.69 Å². The smallest absolute Gasteiger partial charge is 0.264 e. The molecule has 0 radical (unpaired) electrons. The second-order valence-corrected chi connectivity index (χ2v) is 13.4. The first kappa shape index (κ1) is 38.8. The van der Waals surface area contributed by atoms with Crippen LogP contribution in [-0.4, -0.2) is 12.5 Å². The first-order valence-electron chi connectivity index (χ1n) is 17.5. The number of unbranched alkanes of at least 4 members (excludes halogenated alkanes) is 11. The molecule has 0 aliphatic heterocycles. The third-order valence-electron chi connectivity index (χ3n) is 8.35. The molecule has 4 nitrogen and oxygen atoms in total. The number of carbonyl (C=O) groups excluding carboxylic acids is 1. The fourth-order valence-corrected chi connectivity index (χ4v) is 5.79. The van der Waals surface area contributed by atoms with Crippen LogP contribution in [0.1, 0.15) is 140 Å². The van der Waals surface area contributed by atoms with Crippen LogP contribution in [0, 0.1) is 0 Å². The third-order valence-corrected chi connectivity index (χ3v) is 8.35. The number of aromatic nitrogens is 1. The molecule has 3 aromatic rings. The number of amides is 1. The van der Waals surface area contributed by atoms with Crippen LogP contribution in [0.15, 0.2) is 73.1 Å². The van der Waals surface area contributed by atoms with Crippen molar-refractivity contribution < 1.29 is 38.1 Å². The Labute approximate surface area is 292 Å². The van der Waals surface area contributed by atoms with Crippen molar-refractivity contribution in [3.63, 3.8) is 0 Å². The fourth-order valence-electron chi connectivity index (χ4n) is 5.79. The number of benzene rings is 2. The lowest BCUT2D eigenvalue weighted by Crippen LogP contribution is -3.00. The molecule has 1 amide bonds. The first-order chi connectivity index (χ1) is 21.3. The maximum atomic E-state index is 13.9. The molecule has 0 aliphatic carbocycles. The predicted octanol–water partition coefficient (Wildman–Crippen LogP) is 7.61. The quantitative estimate of drug-likeness (QED) is 0.0683. The Hall–Kier alpha value is -2.41. The highest BCUT2D eigenvalue weighted by Gasteiger charge is 2.24. The number of hydrogen-bond donors (Lipinski definition) is 0. The van der Waals surface area contributed by atoms with Crippen molar-refractivity contribution in [1.29, 1.82) is 0 Å². The van der Waals surface area contributed by atoms with Gasteiger partial charge in [0.25, 0.3) is 5.91 Å². The molecule has 0 spiro atoms. The Kier molecular flexibility index (Phi) is 18.4. The topological polar surface area (TPSA) is 33.4 Å². The minimum Gasteiger partial charge on any atom is -1.00 e. The highest BCUT2D eigenvalue weighted by molar-refractivity contribution is 6.05. The highest BCUT2D eigenvalue weighted by Crippen LogP contribution is 2.33. The van der Waals surface area contributed by atoms with E-state index in [9.17, 15) is 4.79 Å². The van der Waals surface area contributed by atoms with Gasteiger partial charge >= 0.3 is 0 Å². The zero-order chi connectivity index (χ0) is 31.6. The van der Waals surface area contributed by atoms with Gasteiger partial charge in [0.05, 0.1) is 13.2 Å². The lowest BCUT2D eigenvalue weighted by molar-refractivity contribution is -0.697. The van der Waals surface area contributed by atoms with Gasteiger partial charge in [0.1, 0.15) is 17.9 Å². The van der Waals surface area contributed by atoms with E-state index in [1.165, 1.54) is 76.2 Å². The molecule has 1 heterocycles. The number of rotatable bonds is 20. The summed E-state index contributed by atoms with van der Waals surface area (Å²) in [6, 6.07) is 20.3. The largest absolute Gasteiger partial charge is 1.00 e. The fraction of sp³-hybridized carbons (Fsp3) is 0.550. The SMILES string of the molecule is CCCCCCCCCCCCCCOc1ccc(CN(C(=O)c2ccc[n+](CCC)c2)c2ccccc2)cc1C(C)(C)C.[I-]. The molecular weight excluding hydrogens is 667 g/mol. The van der Waals surface area contributed by atoms with E-state index < -0.39 is 0 Å². The molecule has 0 N–H and O–H groups in total. The number of nitrogens with zero attached hydrogens (tertiary/aromatic N) is 2. The molecule has 0 aliphatic rings. The van der Waals surface area contributed by atoms with E-state index in [0.29, 0.717) is 12.1 Å². The van der Waals surface area contributed by atoms with E-state index in [1.54, 1.807) is 0 Å². The summed E-state index contributed by atoms with van der Waals surface area (Å²) in [5.41, 5.74) is 3.81. The molecule has 0 unspecified atom stereocenters. The van der Waals surface area contributed by atoms with Crippen LogP contribution < -0.4 is 38.2 Å². The zero-order valence-corrected chi connectivity index (χ0v) is 31.0. The minimum absolute atomic E-state index is 0. The van der Waals surface area contributed by atoms with Gasteiger partial charge in [-0.3, -0.25) is 4.79 Å². The van der Waals surface area contributed by atoms with Gasteiger partial charge in [-0.25, -0.2) is 4.57 Å². The van der Waals surface area contributed by atoms with Crippen molar-refractivity contribution in [3.05, 3.63) is 89.7 Å². The standard InChI is InChI=1S/C40H59N2O2.HI/c1-6-8-9-10-11-12-13-14-15-16-17-21-30-44-38-27-26-34(31-37(38)40(3,4)5)32-42(36-24-19-18-20-25-36)39(43)35-23-22-29-41(33-35)28-7-2;/h18-20,22-27,29,31,33H,6-17,21,28,30,32H2,1-5H3;1H/q+1;/p-1. The Bertz CT molecular complexity index is 1240. The van der Waals surface area contributed by atoms with Gasteiger partial charge in [0.2, 0.25) is 0 Å². The Morgan fingerprint density at radius 1 is 0.756 bits per heavy atom. The second-order valence-electron chi connectivity index (χ2n) is 13.4. The van der Waals surface area contributed by atoms with Crippen LogP contribution in [0.2, 0.25) is 0 Å². The summed E-state index contributed by atoms with van der Waals surface area (Å²) in [5.74, 6) is 0.969. The number of carbonyl (C=O) groups is 1. The Balaban J connectivity index is 0.00000705. The number of anilines is 1. The van der Waals surface area contributed by atoms with Gasteiger partial charge in [-0.2, -0.15) is 0 Å². The summed E-state index contributed by atoms with van der Waals surface area (Å²) < 4.78 is 8.46. The molecule has 3 rings (SSSR count). The molecule has 45 heavy (non-hydrogen) atoms. The second kappa shape index (κ2) is 21.4. The molecule has 0 bridgehead atoms. The van der Waals surface area contributed by atoms with Gasteiger partial charge in [0.15, 0.2) is 12.4 Å². The summed E-state index contributed by atoms with van der Waals surface area (Å²) in [6.45, 7) is 13.3. The zero-order valence-electron chi connectivity index (χ0n) is 28.8. The molecule has 2 aromatic carbocycles. The number of para-hydroxylation sites is 1. The number of ether oxygens (including phenoxy) is 1. The molecule has 248 valence electrons. The van der Waals surface area contributed by atoms with Crippen molar-refractivity contribution in [2.75, 3.05) is 11.5 Å². The van der Waals surface area contributed by atoms with Crippen molar-refractivity contribution in [2.45, 2.75) is 137 Å². The molecule has 0 fully saturated rings. The van der Waals surface area contributed by atoms with Crippen LogP contribution >= 0.6 is 0 Å². The number of halogens is 1. The number of aryl methyl sites for hydroxylation is 1. The van der Waals surface area contributed by atoms with Gasteiger partial charge in [-0.15, -0.1) is 0 Å². The summed E-state index contributed by atoms with van der Waals surface area (Å²) in [7, 11) is 0. The maximum absolute atomic E-state index is 13.9. The Morgan fingerprint density at radius 3 is 1.98 bits per heavy atom. The minimum atomic E-state index is -0.0748. The average Bonchev–Trinajstić information content (AvgIpc) is 3.02. The van der Waals surface area contributed by atoms with Crippen molar-refractivity contribution >= 4 is 11.6 Å². The van der Waals surface area contributed by atoms with Gasteiger partial charge < -0.3 is 33.6 Å². The highest BCUT2D eigenvalue weighted by atomic mass is 127. The number of hydrogen-bond acceptors (Lipinski definition) is 2. The summed E-state index contributed by atoms with van der Waals surface area (Å²) >= 11 is 0. The van der Waals surface area contributed by atoms with Crippen LogP contribution in [0.5, 0.6) is 5.75 Å².